The Bertz CT molecular complexity index is 2060. The largest absolute Gasteiger partial charge is 0.309 e. The lowest BCUT2D eigenvalue weighted by Gasteiger charge is -2.16. The first-order valence-electron chi connectivity index (χ1n) is 12.6. The summed E-state index contributed by atoms with van der Waals surface area (Å²) in [5.74, 6) is 0. The Morgan fingerprint density at radius 1 is 0.486 bits per heavy atom. The summed E-state index contributed by atoms with van der Waals surface area (Å²) in [4.78, 5) is 0. The molecular weight excluding hydrogens is 469 g/mol. The smallest absolute Gasteiger partial charge is 0.172 e. The minimum Gasteiger partial charge on any atom is -0.309 e. The summed E-state index contributed by atoms with van der Waals surface area (Å²) in [6.07, 6.45) is 0. The molecule has 2 heterocycles. The van der Waals surface area contributed by atoms with Gasteiger partial charge in [-0.25, -0.2) is 0 Å². The lowest BCUT2D eigenvalue weighted by Crippen LogP contribution is -2.20. The van der Waals surface area contributed by atoms with Gasteiger partial charge in [0.05, 0.1) is 11.0 Å². The average Bonchev–Trinajstić information content (AvgIpc) is 3.45. The van der Waals surface area contributed by atoms with Crippen LogP contribution in [0, 0.1) is 0 Å². The second-order valence-corrected chi connectivity index (χ2v) is 12.4. The van der Waals surface area contributed by atoms with Crippen molar-refractivity contribution in [3.63, 3.8) is 0 Å². The van der Waals surface area contributed by atoms with E-state index in [0.717, 1.165) is 38.2 Å². The molecule has 3 heteroatoms. The summed E-state index contributed by atoms with van der Waals surface area (Å²) in [6, 6.07) is 46.1. The molecule has 2 nitrogen and oxygen atoms in total. The summed E-state index contributed by atoms with van der Waals surface area (Å²) >= 11 is 0. The minimum atomic E-state index is -3.02. The van der Waals surface area contributed by atoms with Crippen LogP contribution in [0.4, 0.5) is 0 Å². The fourth-order valence-electron chi connectivity index (χ4n) is 6.22. The Hall–Kier alpha value is -4.39. The predicted molar refractivity (Wildman–Crippen MR) is 157 cm³/mol. The molecular formula is C34H22NOP. The van der Waals surface area contributed by atoms with E-state index in [1.54, 1.807) is 0 Å². The predicted octanol–water partition coefficient (Wildman–Crippen LogP) is 7.56. The Morgan fingerprint density at radius 3 is 1.97 bits per heavy atom. The zero-order chi connectivity index (χ0) is 24.6. The van der Waals surface area contributed by atoms with Crippen LogP contribution in [-0.2, 0) is 4.57 Å². The van der Waals surface area contributed by atoms with Crippen LogP contribution in [0.5, 0.6) is 0 Å². The maximum atomic E-state index is 15.2. The fraction of sp³-hybridized carbons (Fsp3) is 0. The van der Waals surface area contributed by atoms with Crippen molar-refractivity contribution in [2.24, 2.45) is 0 Å². The van der Waals surface area contributed by atoms with E-state index in [1.165, 1.54) is 27.1 Å². The van der Waals surface area contributed by atoms with Gasteiger partial charge in [-0.3, -0.25) is 0 Å². The highest BCUT2D eigenvalue weighted by atomic mass is 31.2. The van der Waals surface area contributed by atoms with E-state index in [4.69, 9.17) is 0 Å². The Morgan fingerprint density at radius 2 is 1.14 bits per heavy atom. The molecule has 6 aromatic carbocycles. The third-order valence-corrected chi connectivity index (χ3v) is 10.9. The number of nitrogens with zero attached hydrogens (tertiary/aromatic N) is 1. The highest BCUT2D eigenvalue weighted by Crippen LogP contribution is 2.55. The molecule has 0 aliphatic carbocycles. The normalized spacial score (nSPS) is 16.3. The van der Waals surface area contributed by atoms with E-state index in [1.807, 2.05) is 36.4 Å². The molecule has 0 fully saturated rings. The van der Waals surface area contributed by atoms with Crippen LogP contribution in [0.25, 0.3) is 49.4 Å². The molecule has 1 aliphatic heterocycles. The molecule has 0 spiro atoms. The van der Waals surface area contributed by atoms with Crippen molar-refractivity contribution in [2.75, 3.05) is 0 Å². The van der Waals surface area contributed by atoms with Crippen LogP contribution in [-0.4, -0.2) is 4.57 Å². The molecule has 8 rings (SSSR count). The SMILES string of the molecule is O=P1(c2ccccc2)c2ccccc2-c2c1ccc1c3ccc4ccccc4c3n(-c3ccccc3)c21. The van der Waals surface area contributed by atoms with Crippen molar-refractivity contribution in [3.05, 3.63) is 133 Å². The molecule has 0 radical (unpaired) electrons. The highest BCUT2D eigenvalue weighted by Gasteiger charge is 2.41. The Kier molecular flexibility index (Phi) is 4.24. The second kappa shape index (κ2) is 7.56. The molecule has 1 atom stereocenters. The standard InChI is InChI=1S/C34H22NOP/c36-37(25-14-5-2-6-15-25)30-18-10-9-17-29(30)32-31(37)22-21-28-27-20-19-23-11-7-8-16-26(23)33(27)35(34(28)32)24-12-3-1-4-13-24/h1-22H. The fourth-order valence-corrected chi connectivity index (χ4v) is 9.28. The molecule has 1 unspecified atom stereocenters. The van der Waals surface area contributed by atoms with Gasteiger partial charge in [0.1, 0.15) is 0 Å². The topological polar surface area (TPSA) is 22.0 Å². The van der Waals surface area contributed by atoms with Gasteiger partial charge in [0.2, 0.25) is 0 Å². The summed E-state index contributed by atoms with van der Waals surface area (Å²) in [7, 11) is -3.02. The highest BCUT2D eigenvalue weighted by molar-refractivity contribution is 7.86. The van der Waals surface area contributed by atoms with Crippen LogP contribution < -0.4 is 15.9 Å². The summed E-state index contributed by atoms with van der Waals surface area (Å²) in [5, 5.41) is 7.55. The van der Waals surface area contributed by atoms with Gasteiger partial charge >= 0.3 is 0 Å². The molecule has 0 saturated heterocycles. The van der Waals surface area contributed by atoms with E-state index < -0.39 is 7.14 Å². The van der Waals surface area contributed by atoms with Crippen molar-refractivity contribution in [1.82, 2.24) is 4.57 Å². The summed E-state index contributed by atoms with van der Waals surface area (Å²) in [6.45, 7) is 0. The number of fused-ring (bicyclic) bond motifs is 9. The van der Waals surface area contributed by atoms with E-state index in [9.17, 15) is 0 Å². The first kappa shape index (κ1) is 20.8. The Labute approximate surface area is 214 Å². The molecule has 1 aliphatic rings. The molecule has 0 amide bonds. The van der Waals surface area contributed by atoms with Crippen LogP contribution in [0.2, 0.25) is 0 Å². The van der Waals surface area contributed by atoms with Crippen molar-refractivity contribution in [2.45, 2.75) is 0 Å². The molecule has 174 valence electrons. The van der Waals surface area contributed by atoms with Crippen LogP contribution in [0.15, 0.2) is 133 Å². The monoisotopic (exact) mass is 491 g/mol. The van der Waals surface area contributed by atoms with Gasteiger partial charge in [-0.2, -0.15) is 0 Å². The second-order valence-electron chi connectivity index (χ2n) is 9.67. The van der Waals surface area contributed by atoms with Crippen molar-refractivity contribution in [1.29, 1.82) is 0 Å². The number of aromatic nitrogens is 1. The van der Waals surface area contributed by atoms with Gasteiger partial charge in [0, 0.05) is 43.3 Å². The van der Waals surface area contributed by atoms with Crippen molar-refractivity contribution in [3.8, 4) is 16.8 Å². The maximum Gasteiger partial charge on any atom is 0.172 e. The van der Waals surface area contributed by atoms with E-state index in [0.29, 0.717) is 0 Å². The van der Waals surface area contributed by atoms with E-state index in [-0.39, 0.29) is 0 Å². The van der Waals surface area contributed by atoms with Gasteiger partial charge < -0.3 is 9.13 Å². The molecule has 0 saturated carbocycles. The van der Waals surface area contributed by atoms with Crippen molar-refractivity contribution >= 4 is 55.6 Å². The number of benzene rings is 6. The minimum absolute atomic E-state index is 0.883. The van der Waals surface area contributed by atoms with E-state index >= 15 is 4.57 Å². The zero-order valence-corrected chi connectivity index (χ0v) is 20.9. The molecule has 7 aromatic rings. The number of rotatable bonds is 2. The van der Waals surface area contributed by atoms with Gasteiger partial charge in [-0.15, -0.1) is 0 Å². The number of para-hydroxylation sites is 1. The molecule has 37 heavy (non-hydrogen) atoms. The summed E-state index contributed by atoms with van der Waals surface area (Å²) < 4.78 is 17.6. The van der Waals surface area contributed by atoms with Gasteiger partial charge in [-0.05, 0) is 29.1 Å². The van der Waals surface area contributed by atoms with Crippen LogP contribution >= 0.6 is 7.14 Å². The maximum absolute atomic E-state index is 15.2. The molecule has 0 bridgehead atoms. The third-order valence-electron chi connectivity index (χ3n) is 7.78. The van der Waals surface area contributed by atoms with Gasteiger partial charge in [-0.1, -0.05) is 115 Å². The zero-order valence-electron chi connectivity index (χ0n) is 20.0. The average molecular weight is 492 g/mol. The molecule has 1 aromatic heterocycles. The quantitative estimate of drug-likeness (QED) is 0.229. The van der Waals surface area contributed by atoms with Crippen LogP contribution in [0.1, 0.15) is 0 Å². The molecule has 0 N–H and O–H groups in total. The van der Waals surface area contributed by atoms with E-state index in [2.05, 4.69) is 102 Å². The lowest BCUT2D eigenvalue weighted by atomic mass is 10.0. The van der Waals surface area contributed by atoms with Gasteiger partial charge in [0.15, 0.2) is 7.14 Å². The number of hydrogen-bond donors (Lipinski definition) is 0. The lowest BCUT2D eigenvalue weighted by molar-refractivity contribution is 0.593. The van der Waals surface area contributed by atoms with Crippen LogP contribution in [0.3, 0.4) is 0 Å². The summed E-state index contributed by atoms with van der Waals surface area (Å²) in [5.41, 5.74) is 5.57. The first-order chi connectivity index (χ1) is 18.3. The van der Waals surface area contributed by atoms with Gasteiger partial charge in [0.25, 0.3) is 0 Å². The Balaban J connectivity index is 1.63. The first-order valence-corrected chi connectivity index (χ1v) is 14.3. The third kappa shape index (κ3) is 2.68. The number of hydrogen-bond acceptors (Lipinski definition) is 1. The van der Waals surface area contributed by atoms with Crippen molar-refractivity contribution < 1.29 is 4.57 Å².